The molecular weight excluding hydrogens is 218 g/mol. The minimum absolute atomic E-state index is 0.386. The van der Waals surface area contributed by atoms with E-state index in [9.17, 15) is 5.11 Å². The zero-order valence-electron chi connectivity index (χ0n) is 10.1. The van der Waals surface area contributed by atoms with Gasteiger partial charge in [-0.1, -0.05) is 12.1 Å². The van der Waals surface area contributed by atoms with Gasteiger partial charge in [-0.3, -0.25) is 4.90 Å². The second kappa shape index (κ2) is 6.00. The Kier molecular flexibility index (Phi) is 4.36. The van der Waals surface area contributed by atoms with E-state index in [0.29, 0.717) is 19.8 Å². The first-order valence-corrected chi connectivity index (χ1v) is 5.89. The predicted molar refractivity (Wildman–Crippen MR) is 65.1 cm³/mol. The Morgan fingerprint density at radius 1 is 1.53 bits per heavy atom. The molecule has 1 aliphatic heterocycles. The minimum Gasteiger partial charge on any atom is -0.497 e. The Labute approximate surface area is 102 Å². The van der Waals surface area contributed by atoms with E-state index in [4.69, 9.17) is 9.47 Å². The van der Waals surface area contributed by atoms with Crippen LogP contribution >= 0.6 is 0 Å². The van der Waals surface area contributed by atoms with E-state index in [1.54, 1.807) is 7.11 Å². The number of rotatable bonds is 3. The highest BCUT2D eigenvalue weighted by atomic mass is 16.5. The molecule has 0 aliphatic carbocycles. The van der Waals surface area contributed by atoms with Gasteiger partial charge in [-0.25, -0.2) is 0 Å². The van der Waals surface area contributed by atoms with Crippen LogP contribution in [0.15, 0.2) is 24.3 Å². The average Bonchev–Trinajstić information content (AvgIpc) is 2.54. The van der Waals surface area contributed by atoms with Crippen molar-refractivity contribution in [2.24, 2.45) is 0 Å². The summed E-state index contributed by atoms with van der Waals surface area (Å²) in [6.45, 7) is 3.46. The fraction of sp³-hybridized carbons (Fsp3) is 0.538. The maximum atomic E-state index is 9.65. The standard InChI is InChI=1S/C13H19NO3/c1-16-13-4-2-3-11(7-13)8-14-5-6-17-10-12(15)9-14/h2-4,7,12,15H,5-6,8-10H2,1H3/t12-/m1/s1. The second-order valence-corrected chi connectivity index (χ2v) is 4.32. The van der Waals surface area contributed by atoms with Gasteiger partial charge in [0, 0.05) is 19.6 Å². The van der Waals surface area contributed by atoms with Crippen molar-refractivity contribution in [3.8, 4) is 5.75 Å². The fourth-order valence-electron chi connectivity index (χ4n) is 2.03. The summed E-state index contributed by atoms with van der Waals surface area (Å²) >= 11 is 0. The molecule has 1 saturated heterocycles. The Hall–Kier alpha value is -1.10. The lowest BCUT2D eigenvalue weighted by molar-refractivity contribution is 0.0562. The molecule has 0 radical (unpaired) electrons. The van der Waals surface area contributed by atoms with E-state index >= 15 is 0 Å². The summed E-state index contributed by atoms with van der Waals surface area (Å²) in [6, 6.07) is 8.02. The number of nitrogens with zero attached hydrogens (tertiary/aromatic N) is 1. The van der Waals surface area contributed by atoms with Crippen molar-refractivity contribution in [3.63, 3.8) is 0 Å². The topological polar surface area (TPSA) is 41.9 Å². The summed E-state index contributed by atoms with van der Waals surface area (Å²) in [5.74, 6) is 0.870. The Balaban J connectivity index is 1.98. The number of hydrogen-bond donors (Lipinski definition) is 1. The monoisotopic (exact) mass is 237 g/mol. The summed E-state index contributed by atoms with van der Waals surface area (Å²) in [4.78, 5) is 2.20. The van der Waals surface area contributed by atoms with Crippen LogP contribution in [0.25, 0.3) is 0 Å². The van der Waals surface area contributed by atoms with Crippen LogP contribution in [-0.4, -0.2) is 49.5 Å². The summed E-state index contributed by atoms with van der Waals surface area (Å²) in [5.41, 5.74) is 1.19. The third-order valence-electron chi connectivity index (χ3n) is 2.87. The normalized spacial score (nSPS) is 22.1. The summed E-state index contributed by atoms with van der Waals surface area (Å²) in [6.07, 6.45) is -0.386. The molecule has 1 aromatic carbocycles. The van der Waals surface area contributed by atoms with Crippen molar-refractivity contribution in [1.82, 2.24) is 4.90 Å². The van der Waals surface area contributed by atoms with E-state index < -0.39 is 0 Å². The molecule has 0 saturated carbocycles. The quantitative estimate of drug-likeness (QED) is 0.847. The summed E-state index contributed by atoms with van der Waals surface area (Å²) in [5, 5.41) is 9.65. The van der Waals surface area contributed by atoms with Gasteiger partial charge in [0.1, 0.15) is 5.75 Å². The molecule has 1 fully saturated rings. The highest BCUT2D eigenvalue weighted by Crippen LogP contribution is 2.15. The van der Waals surface area contributed by atoms with Gasteiger partial charge < -0.3 is 14.6 Å². The molecule has 4 heteroatoms. The second-order valence-electron chi connectivity index (χ2n) is 4.32. The first-order chi connectivity index (χ1) is 8.28. The Morgan fingerprint density at radius 3 is 3.24 bits per heavy atom. The van der Waals surface area contributed by atoms with Gasteiger partial charge >= 0.3 is 0 Å². The van der Waals surface area contributed by atoms with Gasteiger partial charge in [0.2, 0.25) is 0 Å². The lowest BCUT2D eigenvalue weighted by Gasteiger charge is -2.21. The van der Waals surface area contributed by atoms with Crippen LogP contribution in [0.4, 0.5) is 0 Å². The predicted octanol–water partition coefficient (Wildman–Crippen LogP) is 0.888. The molecule has 2 rings (SSSR count). The lowest BCUT2D eigenvalue weighted by atomic mass is 10.2. The summed E-state index contributed by atoms with van der Waals surface area (Å²) in [7, 11) is 1.67. The maximum absolute atomic E-state index is 9.65. The van der Waals surface area contributed by atoms with Crippen molar-refractivity contribution in [3.05, 3.63) is 29.8 Å². The van der Waals surface area contributed by atoms with Crippen molar-refractivity contribution >= 4 is 0 Å². The van der Waals surface area contributed by atoms with E-state index in [2.05, 4.69) is 11.0 Å². The molecule has 1 N–H and O–H groups in total. The van der Waals surface area contributed by atoms with Crippen molar-refractivity contribution in [1.29, 1.82) is 0 Å². The lowest BCUT2D eigenvalue weighted by Crippen LogP contribution is -2.32. The molecule has 1 aliphatic rings. The molecule has 0 bridgehead atoms. The van der Waals surface area contributed by atoms with Gasteiger partial charge in [0.05, 0.1) is 26.4 Å². The molecule has 0 aromatic heterocycles. The molecule has 0 spiro atoms. The number of β-amino-alcohol motifs (C(OH)–C–C–N with tert-alkyl or cyclic N) is 1. The van der Waals surface area contributed by atoms with Gasteiger partial charge in [0.25, 0.3) is 0 Å². The molecule has 0 amide bonds. The van der Waals surface area contributed by atoms with Crippen molar-refractivity contribution in [2.45, 2.75) is 12.6 Å². The highest BCUT2D eigenvalue weighted by molar-refractivity contribution is 5.28. The Morgan fingerprint density at radius 2 is 2.41 bits per heavy atom. The highest BCUT2D eigenvalue weighted by Gasteiger charge is 2.16. The molecular formula is C13H19NO3. The van der Waals surface area contributed by atoms with Crippen LogP contribution in [0.2, 0.25) is 0 Å². The number of hydrogen-bond acceptors (Lipinski definition) is 4. The van der Waals surface area contributed by atoms with E-state index in [0.717, 1.165) is 18.8 Å². The van der Waals surface area contributed by atoms with Gasteiger partial charge in [-0.05, 0) is 17.7 Å². The first kappa shape index (κ1) is 12.4. The Bertz CT molecular complexity index is 356. The molecule has 1 aromatic rings. The molecule has 0 unspecified atom stereocenters. The number of benzene rings is 1. The van der Waals surface area contributed by atoms with Gasteiger partial charge in [-0.15, -0.1) is 0 Å². The third kappa shape index (κ3) is 3.70. The average molecular weight is 237 g/mol. The largest absolute Gasteiger partial charge is 0.497 e. The minimum atomic E-state index is -0.386. The fourth-order valence-corrected chi connectivity index (χ4v) is 2.03. The van der Waals surface area contributed by atoms with Crippen LogP contribution in [0, 0.1) is 0 Å². The van der Waals surface area contributed by atoms with Gasteiger partial charge in [0.15, 0.2) is 0 Å². The van der Waals surface area contributed by atoms with Crippen LogP contribution in [-0.2, 0) is 11.3 Å². The zero-order valence-corrected chi connectivity index (χ0v) is 10.1. The zero-order chi connectivity index (χ0) is 12.1. The van der Waals surface area contributed by atoms with Crippen molar-refractivity contribution in [2.75, 3.05) is 33.4 Å². The molecule has 1 heterocycles. The smallest absolute Gasteiger partial charge is 0.119 e. The van der Waals surface area contributed by atoms with E-state index in [-0.39, 0.29) is 6.10 Å². The SMILES string of the molecule is COc1cccc(CN2CCOC[C@H](O)C2)c1. The first-order valence-electron chi connectivity index (χ1n) is 5.89. The molecule has 1 atom stereocenters. The van der Waals surface area contributed by atoms with E-state index in [1.165, 1.54) is 5.56 Å². The maximum Gasteiger partial charge on any atom is 0.119 e. The van der Waals surface area contributed by atoms with Crippen molar-refractivity contribution < 1.29 is 14.6 Å². The third-order valence-corrected chi connectivity index (χ3v) is 2.87. The molecule has 17 heavy (non-hydrogen) atoms. The van der Waals surface area contributed by atoms with Crippen LogP contribution < -0.4 is 4.74 Å². The number of aliphatic hydroxyl groups excluding tert-OH is 1. The number of methoxy groups -OCH3 is 1. The van der Waals surface area contributed by atoms with Crippen LogP contribution in [0.3, 0.4) is 0 Å². The van der Waals surface area contributed by atoms with E-state index in [1.807, 2.05) is 18.2 Å². The van der Waals surface area contributed by atoms with Crippen LogP contribution in [0.5, 0.6) is 5.75 Å². The summed E-state index contributed by atoms with van der Waals surface area (Å²) < 4.78 is 10.5. The van der Waals surface area contributed by atoms with Gasteiger partial charge in [-0.2, -0.15) is 0 Å². The molecule has 4 nitrogen and oxygen atoms in total. The number of ether oxygens (including phenoxy) is 2. The number of aliphatic hydroxyl groups is 1. The van der Waals surface area contributed by atoms with Crippen LogP contribution in [0.1, 0.15) is 5.56 Å². The molecule has 94 valence electrons.